The number of rotatable bonds is 3. The first-order valence-electron chi connectivity index (χ1n) is 3.40. The predicted molar refractivity (Wildman–Crippen MR) is 40.7 cm³/mol. The van der Waals surface area contributed by atoms with E-state index in [1.165, 1.54) is 0 Å². The molecule has 4 heteroatoms. The van der Waals surface area contributed by atoms with Crippen molar-refractivity contribution in [2.75, 3.05) is 14.1 Å². The zero-order valence-electron chi connectivity index (χ0n) is 6.69. The Labute approximate surface area is 61.4 Å². The number of carbonyl (C=O) groups excluding carboxylic acids is 1. The van der Waals surface area contributed by atoms with Crippen molar-refractivity contribution >= 4 is 6.03 Å². The molecule has 3 N–H and O–H groups in total. The highest BCUT2D eigenvalue weighted by Gasteiger charge is 2.03. The van der Waals surface area contributed by atoms with Crippen LogP contribution in [-0.2, 0) is 0 Å². The number of hydrogen-bond donors (Lipinski definition) is 3. The van der Waals surface area contributed by atoms with Crippen LogP contribution in [-0.4, -0.2) is 26.3 Å². The molecule has 0 aromatic carbocycles. The van der Waals surface area contributed by atoms with E-state index >= 15 is 0 Å². The van der Waals surface area contributed by atoms with Crippen molar-refractivity contribution < 1.29 is 4.79 Å². The van der Waals surface area contributed by atoms with Crippen LogP contribution < -0.4 is 16.0 Å². The van der Waals surface area contributed by atoms with Crippen LogP contribution in [0.4, 0.5) is 4.79 Å². The van der Waals surface area contributed by atoms with Crippen LogP contribution in [0.15, 0.2) is 0 Å². The third kappa shape index (κ3) is 3.29. The van der Waals surface area contributed by atoms with Crippen molar-refractivity contribution in [3.05, 3.63) is 0 Å². The van der Waals surface area contributed by atoms with E-state index < -0.39 is 0 Å². The van der Waals surface area contributed by atoms with Crippen LogP contribution in [0.3, 0.4) is 0 Å². The number of nitrogens with one attached hydrogen (secondary N) is 3. The largest absolute Gasteiger partial charge is 0.341 e. The van der Waals surface area contributed by atoms with Crippen LogP contribution in [0.1, 0.15) is 13.3 Å². The van der Waals surface area contributed by atoms with Crippen molar-refractivity contribution in [2.45, 2.75) is 19.5 Å². The van der Waals surface area contributed by atoms with Crippen LogP contribution in [0, 0.1) is 0 Å². The molecule has 0 spiro atoms. The van der Waals surface area contributed by atoms with Crippen LogP contribution in [0.25, 0.3) is 0 Å². The van der Waals surface area contributed by atoms with Crippen molar-refractivity contribution in [3.8, 4) is 0 Å². The maximum Gasteiger partial charge on any atom is 0.315 e. The predicted octanol–water partition coefficient (Wildman–Crippen LogP) is -0.129. The summed E-state index contributed by atoms with van der Waals surface area (Å²) in [4.78, 5) is 10.7. The Balaban J connectivity index is 3.52. The molecule has 0 aliphatic rings. The molecule has 0 saturated heterocycles. The number of hydrogen-bond acceptors (Lipinski definition) is 2. The monoisotopic (exact) mass is 145 g/mol. The Morgan fingerprint density at radius 3 is 2.40 bits per heavy atom. The lowest BCUT2D eigenvalue weighted by Gasteiger charge is -2.14. The summed E-state index contributed by atoms with van der Waals surface area (Å²) in [5.74, 6) is 0. The molecule has 0 aromatic rings. The minimum Gasteiger partial charge on any atom is -0.341 e. The second-order valence-electron chi connectivity index (χ2n) is 1.97. The van der Waals surface area contributed by atoms with E-state index in [0.717, 1.165) is 6.42 Å². The lowest BCUT2D eigenvalue weighted by Crippen LogP contribution is -2.46. The van der Waals surface area contributed by atoms with Gasteiger partial charge in [0, 0.05) is 7.05 Å². The molecule has 0 fully saturated rings. The minimum atomic E-state index is -0.152. The summed E-state index contributed by atoms with van der Waals surface area (Å²) in [6, 6.07) is -0.152. The lowest BCUT2D eigenvalue weighted by molar-refractivity contribution is 0.236. The minimum absolute atomic E-state index is 0.0694. The number of urea groups is 1. The smallest absolute Gasteiger partial charge is 0.315 e. The molecule has 0 saturated carbocycles. The highest BCUT2D eigenvalue weighted by molar-refractivity contribution is 5.73. The van der Waals surface area contributed by atoms with Gasteiger partial charge in [-0.15, -0.1) is 0 Å². The fourth-order valence-electron chi connectivity index (χ4n) is 0.609. The molecule has 0 aliphatic carbocycles. The molecular formula is C6H15N3O. The Hall–Kier alpha value is -0.770. The molecule has 10 heavy (non-hydrogen) atoms. The molecule has 0 radical (unpaired) electrons. The molecule has 0 rings (SSSR count). The molecule has 0 bridgehead atoms. The van der Waals surface area contributed by atoms with Gasteiger partial charge in [0.2, 0.25) is 0 Å². The van der Waals surface area contributed by atoms with Gasteiger partial charge < -0.3 is 16.0 Å². The fourth-order valence-corrected chi connectivity index (χ4v) is 0.609. The molecular weight excluding hydrogens is 130 g/mol. The first-order valence-corrected chi connectivity index (χ1v) is 3.40. The third-order valence-electron chi connectivity index (χ3n) is 1.29. The Kier molecular flexibility index (Phi) is 4.66. The molecule has 4 nitrogen and oxygen atoms in total. The first kappa shape index (κ1) is 9.23. The van der Waals surface area contributed by atoms with E-state index in [1.807, 2.05) is 14.0 Å². The van der Waals surface area contributed by atoms with Crippen molar-refractivity contribution in [2.24, 2.45) is 0 Å². The molecule has 0 aromatic heterocycles. The Morgan fingerprint density at radius 2 is 2.10 bits per heavy atom. The molecule has 2 amide bonds. The second-order valence-corrected chi connectivity index (χ2v) is 1.97. The van der Waals surface area contributed by atoms with Crippen LogP contribution in [0.2, 0.25) is 0 Å². The Morgan fingerprint density at radius 1 is 1.50 bits per heavy atom. The fraction of sp³-hybridized carbons (Fsp3) is 0.833. The highest BCUT2D eigenvalue weighted by atomic mass is 16.2. The van der Waals surface area contributed by atoms with Crippen molar-refractivity contribution in [1.82, 2.24) is 16.0 Å². The number of amides is 2. The van der Waals surface area contributed by atoms with Crippen LogP contribution >= 0.6 is 0 Å². The maximum absolute atomic E-state index is 10.7. The van der Waals surface area contributed by atoms with Gasteiger partial charge in [0.15, 0.2) is 0 Å². The van der Waals surface area contributed by atoms with Gasteiger partial charge in [-0.2, -0.15) is 0 Å². The average Bonchev–Trinajstić information content (AvgIpc) is 1.99. The lowest BCUT2D eigenvalue weighted by atomic mass is 10.4. The summed E-state index contributed by atoms with van der Waals surface area (Å²) in [6.45, 7) is 2.00. The van der Waals surface area contributed by atoms with Gasteiger partial charge in [0.25, 0.3) is 0 Å². The third-order valence-corrected chi connectivity index (χ3v) is 1.29. The SMILES string of the molecule is CCC(NC)NC(=O)NC. The zero-order valence-corrected chi connectivity index (χ0v) is 6.69. The standard InChI is InChI=1S/C6H15N3O/c1-4-5(7-2)9-6(10)8-3/h5,7H,4H2,1-3H3,(H2,8,9,10). The second kappa shape index (κ2) is 5.05. The van der Waals surface area contributed by atoms with Crippen molar-refractivity contribution in [1.29, 1.82) is 0 Å². The zero-order chi connectivity index (χ0) is 7.98. The summed E-state index contributed by atoms with van der Waals surface area (Å²) < 4.78 is 0. The van der Waals surface area contributed by atoms with Gasteiger partial charge >= 0.3 is 6.03 Å². The summed E-state index contributed by atoms with van der Waals surface area (Å²) in [5.41, 5.74) is 0. The normalized spacial score (nSPS) is 12.3. The van der Waals surface area contributed by atoms with Crippen molar-refractivity contribution in [3.63, 3.8) is 0 Å². The Bertz CT molecular complexity index is 101. The molecule has 0 heterocycles. The van der Waals surface area contributed by atoms with Gasteiger partial charge in [-0.3, -0.25) is 0 Å². The summed E-state index contributed by atoms with van der Waals surface area (Å²) in [5, 5.41) is 8.12. The van der Waals surface area contributed by atoms with Gasteiger partial charge in [0.1, 0.15) is 0 Å². The van der Waals surface area contributed by atoms with E-state index in [0.29, 0.717) is 0 Å². The summed E-state index contributed by atoms with van der Waals surface area (Å²) in [7, 11) is 3.40. The topological polar surface area (TPSA) is 53.2 Å². The van der Waals surface area contributed by atoms with E-state index in [9.17, 15) is 4.79 Å². The van der Waals surface area contributed by atoms with E-state index in [1.54, 1.807) is 7.05 Å². The highest BCUT2D eigenvalue weighted by Crippen LogP contribution is 1.82. The average molecular weight is 145 g/mol. The van der Waals surface area contributed by atoms with Gasteiger partial charge in [-0.1, -0.05) is 6.92 Å². The molecule has 60 valence electrons. The van der Waals surface area contributed by atoms with E-state index in [-0.39, 0.29) is 12.2 Å². The first-order chi connectivity index (χ1) is 4.74. The quantitative estimate of drug-likeness (QED) is 0.485. The maximum atomic E-state index is 10.7. The van der Waals surface area contributed by atoms with E-state index in [4.69, 9.17) is 0 Å². The molecule has 1 atom stereocenters. The van der Waals surface area contributed by atoms with Gasteiger partial charge in [-0.25, -0.2) is 4.79 Å². The number of carbonyl (C=O) groups is 1. The van der Waals surface area contributed by atoms with Gasteiger partial charge in [0.05, 0.1) is 6.17 Å². The molecule has 1 unspecified atom stereocenters. The molecule has 0 aliphatic heterocycles. The summed E-state index contributed by atoms with van der Waals surface area (Å²) in [6.07, 6.45) is 0.948. The van der Waals surface area contributed by atoms with Crippen LogP contribution in [0.5, 0.6) is 0 Å². The summed E-state index contributed by atoms with van der Waals surface area (Å²) >= 11 is 0. The van der Waals surface area contributed by atoms with Gasteiger partial charge in [-0.05, 0) is 13.5 Å². The van der Waals surface area contributed by atoms with E-state index in [2.05, 4.69) is 16.0 Å².